The summed E-state index contributed by atoms with van der Waals surface area (Å²) in [7, 11) is 0. The standard InChI is InChI=1S/C20H22N2O4/c23-17(21-14-12-18(24)25)11-13-22-20(26)19(15-7-3-1-4-8-15)16-9-5-2-6-10-16/h1-10,19H,11-14H2,(H,21,23)(H,22,26)(H,24,25). The minimum Gasteiger partial charge on any atom is -0.481 e. The molecule has 2 aromatic carbocycles. The molecule has 0 fully saturated rings. The molecule has 0 saturated heterocycles. The number of aliphatic carboxylic acids is 1. The van der Waals surface area contributed by atoms with E-state index in [2.05, 4.69) is 10.6 Å². The number of hydrogen-bond donors (Lipinski definition) is 3. The summed E-state index contributed by atoms with van der Waals surface area (Å²) in [6.45, 7) is 0.271. The van der Waals surface area contributed by atoms with Gasteiger partial charge in [0.1, 0.15) is 0 Å². The van der Waals surface area contributed by atoms with Crippen LogP contribution < -0.4 is 10.6 Å². The van der Waals surface area contributed by atoms with Crippen LogP contribution in [0.4, 0.5) is 0 Å². The molecule has 0 atom stereocenters. The van der Waals surface area contributed by atoms with E-state index in [0.717, 1.165) is 11.1 Å². The molecular weight excluding hydrogens is 332 g/mol. The van der Waals surface area contributed by atoms with E-state index in [4.69, 9.17) is 5.11 Å². The Morgan fingerprint density at radius 2 is 1.27 bits per heavy atom. The van der Waals surface area contributed by atoms with Crippen molar-refractivity contribution in [2.75, 3.05) is 13.1 Å². The summed E-state index contributed by atoms with van der Waals surface area (Å²) in [5, 5.41) is 13.8. The summed E-state index contributed by atoms with van der Waals surface area (Å²) in [4.78, 5) is 34.8. The molecule has 136 valence electrons. The summed E-state index contributed by atoms with van der Waals surface area (Å²) >= 11 is 0. The minimum absolute atomic E-state index is 0.0821. The van der Waals surface area contributed by atoms with Crippen LogP contribution in [0.5, 0.6) is 0 Å². The third kappa shape index (κ3) is 6.05. The summed E-state index contributed by atoms with van der Waals surface area (Å²) < 4.78 is 0. The van der Waals surface area contributed by atoms with Crippen LogP contribution in [0.2, 0.25) is 0 Å². The van der Waals surface area contributed by atoms with E-state index in [1.807, 2.05) is 60.7 Å². The Labute approximate surface area is 152 Å². The molecule has 0 heterocycles. The number of hydrogen-bond acceptors (Lipinski definition) is 3. The van der Waals surface area contributed by atoms with Gasteiger partial charge in [0.2, 0.25) is 11.8 Å². The zero-order chi connectivity index (χ0) is 18.8. The van der Waals surface area contributed by atoms with Gasteiger partial charge in [-0.05, 0) is 11.1 Å². The lowest BCUT2D eigenvalue weighted by Crippen LogP contribution is -2.34. The monoisotopic (exact) mass is 354 g/mol. The molecule has 0 aliphatic rings. The Morgan fingerprint density at radius 3 is 1.77 bits per heavy atom. The van der Waals surface area contributed by atoms with Gasteiger partial charge >= 0.3 is 5.97 Å². The Morgan fingerprint density at radius 1 is 0.769 bits per heavy atom. The van der Waals surface area contributed by atoms with Gasteiger partial charge in [-0.1, -0.05) is 60.7 Å². The number of rotatable bonds is 9. The minimum atomic E-state index is -0.966. The largest absolute Gasteiger partial charge is 0.481 e. The average Bonchev–Trinajstić information content (AvgIpc) is 2.63. The van der Waals surface area contributed by atoms with Crippen LogP contribution in [0.25, 0.3) is 0 Å². The summed E-state index contributed by atoms with van der Waals surface area (Å²) in [6, 6.07) is 18.9. The third-order valence-electron chi connectivity index (χ3n) is 3.84. The van der Waals surface area contributed by atoms with E-state index in [1.54, 1.807) is 0 Å². The highest BCUT2D eigenvalue weighted by atomic mass is 16.4. The zero-order valence-corrected chi connectivity index (χ0v) is 14.4. The molecule has 2 amide bonds. The topological polar surface area (TPSA) is 95.5 Å². The van der Waals surface area contributed by atoms with Crippen molar-refractivity contribution in [3.8, 4) is 0 Å². The summed E-state index contributed by atoms with van der Waals surface area (Å²) in [5.74, 6) is -1.89. The van der Waals surface area contributed by atoms with E-state index < -0.39 is 11.9 Å². The van der Waals surface area contributed by atoms with Crippen molar-refractivity contribution >= 4 is 17.8 Å². The lowest BCUT2D eigenvalue weighted by molar-refractivity contribution is -0.137. The van der Waals surface area contributed by atoms with Crippen molar-refractivity contribution in [3.63, 3.8) is 0 Å². The second-order valence-electron chi connectivity index (χ2n) is 5.79. The fourth-order valence-electron chi connectivity index (χ4n) is 2.58. The van der Waals surface area contributed by atoms with Gasteiger partial charge in [0.15, 0.2) is 0 Å². The molecule has 26 heavy (non-hydrogen) atoms. The molecule has 6 nitrogen and oxygen atoms in total. The highest BCUT2D eigenvalue weighted by molar-refractivity contribution is 5.87. The van der Waals surface area contributed by atoms with Gasteiger partial charge in [0, 0.05) is 19.5 Å². The van der Waals surface area contributed by atoms with Crippen molar-refractivity contribution < 1.29 is 19.5 Å². The number of amides is 2. The Bertz CT molecular complexity index is 692. The molecule has 0 aliphatic heterocycles. The maximum atomic E-state index is 12.7. The zero-order valence-electron chi connectivity index (χ0n) is 14.4. The van der Waals surface area contributed by atoms with Gasteiger partial charge < -0.3 is 15.7 Å². The van der Waals surface area contributed by atoms with Crippen LogP contribution in [0.15, 0.2) is 60.7 Å². The smallest absolute Gasteiger partial charge is 0.305 e. The normalized spacial score (nSPS) is 10.3. The lowest BCUT2D eigenvalue weighted by Gasteiger charge is -2.18. The van der Waals surface area contributed by atoms with Crippen LogP contribution in [0.1, 0.15) is 29.9 Å². The van der Waals surface area contributed by atoms with Crippen molar-refractivity contribution in [2.45, 2.75) is 18.8 Å². The predicted molar refractivity (Wildman–Crippen MR) is 97.6 cm³/mol. The third-order valence-corrected chi connectivity index (χ3v) is 3.84. The molecular formula is C20H22N2O4. The van der Waals surface area contributed by atoms with Gasteiger partial charge in [-0.25, -0.2) is 0 Å². The average molecular weight is 354 g/mol. The first-order valence-corrected chi connectivity index (χ1v) is 8.44. The van der Waals surface area contributed by atoms with E-state index in [0.29, 0.717) is 0 Å². The molecule has 2 rings (SSSR count). The van der Waals surface area contributed by atoms with Crippen LogP contribution >= 0.6 is 0 Å². The molecule has 0 aliphatic carbocycles. The molecule has 0 unspecified atom stereocenters. The molecule has 2 aromatic rings. The Kier molecular flexibility index (Phi) is 7.36. The fourth-order valence-corrected chi connectivity index (χ4v) is 2.58. The summed E-state index contributed by atoms with van der Waals surface area (Å²) in [6.07, 6.45) is -0.0240. The second-order valence-corrected chi connectivity index (χ2v) is 5.79. The molecule has 6 heteroatoms. The Balaban J connectivity index is 1.93. The maximum Gasteiger partial charge on any atom is 0.305 e. The van der Waals surface area contributed by atoms with Crippen molar-refractivity contribution in [3.05, 3.63) is 71.8 Å². The molecule has 0 aromatic heterocycles. The SMILES string of the molecule is O=C(O)CCNC(=O)CCNC(=O)C(c1ccccc1)c1ccccc1. The number of nitrogens with one attached hydrogen (secondary N) is 2. The number of carbonyl (C=O) groups is 3. The molecule has 0 radical (unpaired) electrons. The maximum absolute atomic E-state index is 12.7. The highest BCUT2D eigenvalue weighted by Crippen LogP contribution is 2.24. The van der Waals surface area contributed by atoms with Crippen molar-refractivity contribution in [1.29, 1.82) is 0 Å². The second kappa shape index (κ2) is 9.98. The lowest BCUT2D eigenvalue weighted by atomic mass is 9.90. The van der Waals surface area contributed by atoms with Crippen LogP contribution in [0, 0.1) is 0 Å². The number of carboxylic acids is 1. The van der Waals surface area contributed by atoms with Gasteiger partial charge in [-0.3, -0.25) is 14.4 Å². The van der Waals surface area contributed by atoms with E-state index >= 15 is 0 Å². The van der Waals surface area contributed by atoms with Gasteiger partial charge in [0.05, 0.1) is 12.3 Å². The fraction of sp³-hybridized carbons (Fsp3) is 0.250. The quantitative estimate of drug-likeness (QED) is 0.641. The van der Waals surface area contributed by atoms with E-state index in [9.17, 15) is 14.4 Å². The summed E-state index contributed by atoms with van der Waals surface area (Å²) in [5.41, 5.74) is 1.75. The number of carbonyl (C=O) groups excluding carboxylic acids is 2. The first-order chi connectivity index (χ1) is 12.6. The number of benzene rings is 2. The van der Waals surface area contributed by atoms with Crippen LogP contribution in [-0.4, -0.2) is 36.0 Å². The van der Waals surface area contributed by atoms with E-state index in [-0.39, 0.29) is 37.7 Å². The highest BCUT2D eigenvalue weighted by Gasteiger charge is 2.22. The molecule has 0 bridgehead atoms. The first kappa shape index (κ1) is 19.2. The molecule has 0 spiro atoms. The van der Waals surface area contributed by atoms with Crippen molar-refractivity contribution in [1.82, 2.24) is 10.6 Å². The predicted octanol–water partition coefficient (Wildman–Crippen LogP) is 1.92. The first-order valence-electron chi connectivity index (χ1n) is 8.44. The van der Waals surface area contributed by atoms with Crippen molar-refractivity contribution in [2.24, 2.45) is 0 Å². The van der Waals surface area contributed by atoms with Gasteiger partial charge in [-0.2, -0.15) is 0 Å². The van der Waals surface area contributed by atoms with E-state index in [1.165, 1.54) is 0 Å². The van der Waals surface area contributed by atoms with Gasteiger partial charge in [0.25, 0.3) is 0 Å². The number of carboxylic acid groups (broad SMARTS) is 1. The molecule has 0 saturated carbocycles. The molecule has 3 N–H and O–H groups in total. The van der Waals surface area contributed by atoms with Crippen LogP contribution in [-0.2, 0) is 14.4 Å². The van der Waals surface area contributed by atoms with Crippen LogP contribution in [0.3, 0.4) is 0 Å². The Hall–Kier alpha value is -3.15. The van der Waals surface area contributed by atoms with Gasteiger partial charge in [-0.15, -0.1) is 0 Å².